The van der Waals surface area contributed by atoms with Crippen LogP contribution in [0.25, 0.3) is 0 Å². The predicted octanol–water partition coefficient (Wildman–Crippen LogP) is 6.51. The number of carbonyl (C=O) groups is 1. The van der Waals surface area contributed by atoms with Crippen molar-refractivity contribution < 1.29 is 4.79 Å². The first-order valence-corrected chi connectivity index (χ1v) is 13.6. The minimum atomic E-state index is -0.247. The van der Waals surface area contributed by atoms with E-state index in [1.54, 1.807) is 22.8 Å². The highest BCUT2D eigenvalue weighted by Crippen LogP contribution is 2.63. The van der Waals surface area contributed by atoms with E-state index >= 15 is 0 Å². The van der Waals surface area contributed by atoms with Gasteiger partial charge in [-0.25, -0.2) is 0 Å². The first-order chi connectivity index (χ1) is 16.0. The first kappa shape index (κ1) is 21.8. The molecule has 5 atom stereocenters. The molecule has 0 spiro atoms. The molecular formula is C25H22Cl2N2O2S2. The number of aromatic nitrogens is 1. The van der Waals surface area contributed by atoms with Gasteiger partial charge < -0.3 is 5.32 Å². The van der Waals surface area contributed by atoms with Crippen LogP contribution in [0.2, 0.25) is 10.0 Å². The molecule has 3 aliphatic rings. The molecule has 2 saturated carbocycles. The van der Waals surface area contributed by atoms with Crippen LogP contribution in [0.1, 0.15) is 35.6 Å². The second kappa shape index (κ2) is 8.49. The van der Waals surface area contributed by atoms with Gasteiger partial charge in [0.25, 0.3) is 0 Å². The van der Waals surface area contributed by atoms with Gasteiger partial charge in [-0.1, -0.05) is 64.9 Å². The molecule has 8 heteroatoms. The van der Waals surface area contributed by atoms with E-state index in [0.717, 1.165) is 15.8 Å². The highest BCUT2D eigenvalue weighted by atomic mass is 35.5. The van der Waals surface area contributed by atoms with Crippen LogP contribution in [0.15, 0.2) is 58.4 Å². The minimum Gasteiger partial charge on any atom is -0.324 e. The lowest BCUT2D eigenvalue weighted by atomic mass is 9.75. The molecule has 1 aliphatic heterocycles. The van der Waals surface area contributed by atoms with Crippen molar-refractivity contribution in [1.29, 1.82) is 0 Å². The summed E-state index contributed by atoms with van der Waals surface area (Å²) >= 11 is 15.2. The Balaban J connectivity index is 1.35. The largest absolute Gasteiger partial charge is 0.324 e. The van der Waals surface area contributed by atoms with Crippen molar-refractivity contribution in [3.63, 3.8) is 0 Å². The van der Waals surface area contributed by atoms with E-state index in [4.69, 9.17) is 23.2 Å². The smallest absolute Gasteiger partial charge is 0.308 e. The summed E-state index contributed by atoms with van der Waals surface area (Å²) in [6.45, 7) is -0.00902. The van der Waals surface area contributed by atoms with E-state index in [-0.39, 0.29) is 23.2 Å². The molecule has 2 bridgehead atoms. The van der Waals surface area contributed by atoms with Gasteiger partial charge in [-0.15, -0.1) is 11.8 Å². The van der Waals surface area contributed by atoms with E-state index in [1.165, 1.54) is 36.2 Å². The van der Waals surface area contributed by atoms with Crippen LogP contribution in [0, 0.1) is 17.8 Å². The minimum absolute atomic E-state index is 0.00902. The van der Waals surface area contributed by atoms with Gasteiger partial charge in [-0.05, 0) is 60.8 Å². The molecule has 33 heavy (non-hydrogen) atoms. The Bertz CT molecular complexity index is 1290. The Hall–Kier alpha value is -1.73. The summed E-state index contributed by atoms with van der Waals surface area (Å²) < 4.78 is 1.68. The summed E-state index contributed by atoms with van der Waals surface area (Å²) in [5, 5.41) is 5.16. The van der Waals surface area contributed by atoms with Gasteiger partial charge in [-0.3, -0.25) is 14.2 Å². The molecule has 1 aromatic heterocycles. The number of thiazole rings is 1. The maximum atomic E-state index is 13.1. The lowest BCUT2D eigenvalue weighted by Crippen LogP contribution is -2.34. The van der Waals surface area contributed by atoms with Crippen molar-refractivity contribution in [2.24, 2.45) is 17.8 Å². The van der Waals surface area contributed by atoms with Crippen LogP contribution in [0.3, 0.4) is 0 Å². The molecule has 2 aromatic carbocycles. The third-order valence-electron chi connectivity index (χ3n) is 7.35. The van der Waals surface area contributed by atoms with Crippen LogP contribution in [0.4, 0.5) is 5.69 Å². The maximum absolute atomic E-state index is 13.1. The van der Waals surface area contributed by atoms with Gasteiger partial charge in [0.05, 0.1) is 15.1 Å². The van der Waals surface area contributed by atoms with Crippen molar-refractivity contribution in [3.05, 3.63) is 78.7 Å². The lowest BCUT2D eigenvalue weighted by molar-refractivity contribution is -0.116. The molecule has 2 fully saturated rings. The van der Waals surface area contributed by atoms with Gasteiger partial charge >= 0.3 is 4.87 Å². The zero-order chi connectivity index (χ0) is 22.7. The number of benzene rings is 2. The molecule has 170 valence electrons. The lowest BCUT2D eigenvalue weighted by Gasteiger charge is -2.40. The van der Waals surface area contributed by atoms with E-state index in [2.05, 4.69) is 29.6 Å². The second-order valence-corrected chi connectivity index (χ2v) is 12.2. The van der Waals surface area contributed by atoms with E-state index < -0.39 is 0 Å². The van der Waals surface area contributed by atoms with Crippen molar-refractivity contribution in [2.45, 2.75) is 42.0 Å². The Kier molecular flexibility index (Phi) is 5.60. The van der Waals surface area contributed by atoms with Gasteiger partial charge in [-0.2, -0.15) is 0 Å². The molecule has 2 heterocycles. The van der Waals surface area contributed by atoms with E-state index in [0.29, 0.717) is 32.8 Å². The molecule has 0 radical (unpaired) electrons. The number of amides is 1. The number of fused-ring (bicyclic) bond motifs is 6. The van der Waals surface area contributed by atoms with Crippen LogP contribution >= 0.6 is 46.3 Å². The highest BCUT2D eigenvalue weighted by molar-refractivity contribution is 8.00. The fraction of sp³-hybridized carbons (Fsp3) is 0.360. The normalized spacial score (nSPS) is 27.3. The fourth-order valence-electron chi connectivity index (χ4n) is 6.04. The summed E-state index contributed by atoms with van der Waals surface area (Å²) in [6, 6.07) is 15.6. The highest BCUT2D eigenvalue weighted by Gasteiger charge is 2.55. The molecule has 3 aromatic rings. The second-order valence-electron chi connectivity index (χ2n) is 9.18. The zero-order valence-corrected chi connectivity index (χ0v) is 20.8. The van der Waals surface area contributed by atoms with Crippen LogP contribution < -0.4 is 10.2 Å². The Labute approximate surface area is 210 Å². The van der Waals surface area contributed by atoms with Crippen LogP contribution in [-0.4, -0.2) is 15.7 Å². The van der Waals surface area contributed by atoms with Crippen molar-refractivity contribution >= 4 is 57.9 Å². The van der Waals surface area contributed by atoms with E-state index in [1.807, 2.05) is 17.8 Å². The standard InChI is InChI=1S/C25H22Cl2N2O2S2/c26-17-9-8-16(11-18(17)27)28-19(30)12-29-24-23(33-25(29)31)20(13-4-2-1-3-5-13)21-14-6-7-15(10-14)22(21)32-24/h1-5,8-9,11,14-15,20-22H,6-7,10,12H2,(H,28,30)/t14?,15?,20-,21?,22?/m1/s1. The number of carbonyl (C=O) groups excluding carboxylic acids is 1. The number of nitrogens with one attached hydrogen (secondary N) is 1. The van der Waals surface area contributed by atoms with Crippen molar-refractivity contribution in [2.75, 3.05) is 5.32 Å². The first-order valence-electron chi connectivity index (χ1n) is 11.2. The number of rotatable bonds is 4. The predicted molar refractivity (Wildman–Crippen MR) is 136 cm³/mol. The molecular weight excluding hydrogens is 495 g/mol. The number of anilines is 1. The molecule has 4 unspecified atom stereocenters. The molecule has 1 amide bonds. The Morgan fingerprint density at radius 3 is 2.64 bits per heavy atom. The topological polar surface area (TPSA) is 51.1 Å². The molecule has 2 aliphatic carbocycles. The van der Waals surface area contributed by atoms with Crippen LogP contribution in [0.5, 0.6) is 0 Å². The summed E-state index contributed by atoms with van der Waals surface area (Å²) in [4.78, 5) is 27.1. The van der Waals surface area contributed by atoms with Gasteiger partial charge in [0.15, 0.2) is 0 Å². The average molecular weight is 518 g/mol. The van der Waals surface area contributed by atoms with E-state index in [9.17, 15) is 9.59 Å². The monoisotopic (exact) mass is 516 g/mol. The maximum Gasteiger partial charge on any atom is 0.308 e. The van der Waals surface area contributed by atoms with Crippen LogP contribution in [-0.2, 0) is 11.3 Å². The summed E-state index contributed by atoms with van der Waals surface area (Å²) in [6.07, 6.45) is 3.87. The van der Waals surface area contributed by atoms with Gasteiger partial charge in [0, 0.05) is 21.7 Å². The van der Waals surface area contributed by atoms with Crippen molar-refractivity contribution in [1.82, 2.24) is 4.57 Å². The summed E-state index contributed by atoms with van der Waals surface area (Å²) in [5.74, 6) is 2.00. The number of halogens is 2. The number of thioether (sulfide) groups is 1. The van der Waals surface area contributed by atoms with Gasteiger partial charge in [0.2, 0.25) is 5.91 Å². The van der Waals surface area contributed by atoms with Crippen molar-refractivity contribution in [3.8, 4) is 0 Å². The SMILES string of the molecule is O=C(Cn1c2c(sc1=O)[C@H](c1ccccc1)C1C3CCC(C3)C1S2)Nc1ccc(Cl)c(Cl)c1. The molecule has 4 nitrogen and oxygen atoms in total. The number of nitrogens with zero attached hydrogens (tertiary/aromatic N) is 1. The number of hydrogen-bond donors (Lipinski definition) is 1. The molecule has 0 saturated heterocycles. The van der Waals surface area contributed by atoms with Gasteiger partial charge in [0.1, 0.15) is 6.54 Å². The third-order valence-corrected chi connectivity index (χ3v) is 10.9. The third kappa shape index (κ3) is 3.75. The zero-order valence-electron chi connectivity index (χ0n) is 17.7. The fourth-order valence-corrected chi connectivity index (χ4v) is 9.49. The molecule has 6 rings (SSSR count). The summed E-state index contributed by atoms with van der Waals surface area (Å²) in [5.41, 5.74) is 1.85. The average Bonchev–Trinajstić information content (AvgIpc) is 3.50. The number of hydrogen-bond acceptors (Lipinski definition) is 4. The summed E-state index contributed by atoms with van der Waals surface area (Å²) in [7, 11) is 0. The molecule has 1 N–H and O–H groups in total. The quantitative estimate of drug-likeness (QED) is 0.430. The Morgan fingerprint density at radius 2 is 1.85 bits per heavy atom. The Morgan fingerprint density at radius 1 is 1.06 bits per heavy atom.